The summed E-state index contributed by atoms with van der Waals surface area (Å²) in [5.41, 5.74) is 0. The number of thiazole rings is 1. The molecule has 2 fully saturated rings. The van der Waals surface area contributed by atoms with Crippen LogP contribution in [0.15, 0.2) is 6.20 Å². The topological polar surface area (TPSA) is 25.4 Å². The summed E-state index contributed by atoms with van der Waals surface area (Å²) in [6.45, 7) is 5.55. The number of nitrogens with zero attached hydrogens (tertiary/aromatic N) is 2. The minimum absolute atomic E-state index is 0.518. The molecule has 0 N–H and O–H groups in total. The van der Waals surface area contributed by atoms with Crippen LogP contribution in [0.2, 0.25) is 0 Å². The average Bonchev–Trinajstić information content (AvgIpc) is 2.83. The molecule has 0 spiro atoms. The summed E-state index contributed by atoms with van der Waals surface area (Å²) in [6.07, 6.45) is 10.6. The van der Waals surface area contributed by atoms with Crippen molar-refractivity contribution < 1.29 is 4.74 Å². The highest BCUT2D eigenvalue weighted by atomic mass is 32.1. The number of piperidine rings is 1. The van der Waals surface area contributed by atoms with Crippen molar-refractivity contribution in [3.63, 3.8) is 0 Å². The van der Waals surface area contributed by atoms with Crippen LogP contribution >= 0.6 is 11.3 Å². The number of aryl methyl sites for hydroxylation is 1. The lowest BCUT2D eigenvalue weighted by Crippen LogP contribution is -2.39. The van der Waals surface area contributed by atoms with Crippen LogP contribution in [0.3, 0.4) is 0 Å². The smallest absolute Gasteiger partial charge is 0.107 e. The molecule has 2 heterocycles. The van der Waals surface area contributed by atoms with E-state index in [1.165, 1.54) is 55.1 Å². The van der Waals surface area contributed by atoms with E-state index in [0.29, 0.717) is 12.2 Å². The monoisotopic (exact) mass is 280 g/mol. The first kappa shape index (κ1) is 13.5. The van der Waals surface area contributed by atoms with Crippen LogP contribution in [0.1, 0.15) is 48.9 Å². The predicted octanol–water partition coefficient (Wildman–Crippen LogP) is 3.24. The Balaban J connectivity index is 1.41. The number of rotatable bonds is 5. The molecule has 0 radical (unpaired) electrons. The highest BCUT2D eigenvalue weighted by Gasteiger charge is 2.26. The van der Waals surface area contributed by atoms with Gasteiger partial charge in [-0.15, -0.1) is 11.3 Å². The second-order valence-electron chi connectivity index (χ2n) is 5.74. The molecule has 3 rings (SSSR count). The molecule has 0 aromatic carbocycles. The number of ether oxygens (including phenoxy) is 1. The van der Waals surface area contributed by atoms with Gasteiger partial charge in [0.15, 0.2) is 0 Å². The van der Waals surface area contributed by atoms with Crippen molar-refractivity contribution in [2.24, 2.45) is 0 Å². The van der Waals surface area contributed by atoms with Crippen molar-refractivity contribution in [1.82, 2.24) is 9.88 Å². The third-order valence-corrected chi connectivity index (χ3v) is 5.41. The molecule has 1 aliphatic heterocycles. The highest BCUT2D eigenvalue weighted by molar-refractivity contribution is 7.11. The SMILES string of the molecule is CCc1cnc(CN2CCC(OC3CCC3)CC2)s1. The molecule has 2 aliphatic rings. The molecule has 1 aromatic heterocycles. The summed E-state index contributed by atoms with van der Waals surface area (Å²) in [7, 11) is 0. The predicted molar refractivity (Wildman–Crippen MR) is 78.5 cm³/mol. The Morgan fingerprint density at radius 2 is 2.00 bits per heavy atom. The first-order chi connectivity index (χ1) is 9.33. The van der Waals surface area contributed by atoms with Crippen LogP contribution in [0, 0.1) is 0 Å². The van der Waals surface area contributed by atoms with Gasteiger partial charge in [0.25, 0.3) is 0 Å². The summed E-state index contributed by atoms with van der Waals surface area (Å²) in [5, 5.41) is 1.27. The first-order valence-electron chi connectivity index (χ1n) is 7.65. The van der Waals surface area contributed by atoms with Gasteiger partial charge >= 0.3 is 0 Å². The van der Waals surface area contributed by atoms with Crippen LogP contribution in [-0.2, 0) is 17.7 Å². The van der Waals surface area contributed by atoms with E-state index in [1.807, 2.05) is 17.5 Å². The van der Waals surface area contributed by atoms with E-state index in [9.17, 15) is 0 Å². The van der Waals surface area contributed by atoms with Crippen LogP contribution < -0.4 is 0 Å². The molecule has 0 bridgehead atoms. The lowest BCUT2D eigenvalue weighted by Gasteiger charge is -2.36. The number of likely N-dealkylation sites (tertiary alicyclic amines) is 1. The molecule has 1 saturated carbocycles. The van der Waals surface area contributed by atoms with Crippen LogP contribution in [0.5, 0.6) is 0 Å². The van der Waals surface area contributed by atoms with E-state index in [0.717, 1.165) is 13.0 Å². The van der Waals surface area contributed by atoms with Crippen LogP contribution in [0.25, 0.3) is 0 Å². The molecular formula is C15H24N2OS. The molecule has 106 valence electrons. The van der Waals surface area contributed by atoms with Gasteiger partial charge in [-0.05, 0) is 38.5 Å². The Kier molecular flexibility index (Phi) is 4.51. The van der Waals surface area contributed by atoms with Gasteiger partial charge in [0.2, 0.25) is 0 Å². The van der Waals surface area contributed by atoms with Crippen molar-refractivity contribution in [1.29, 1.82) is 0 Å². The van der Waals surface area contributed by atoms with Gasteiger partial charge in [-0.3, -0.25) is 4.90 Å². The minimum Gasteiger partial charge on any atom is -0.375 e. The van der Waals surface area contributed by atoms with Crippen molar-refractivity contribution in [3.8, 4) is 0 Å². The molecule has 1 aliphatic carbocycles. The molecule has 0 atom stereocenters. The van der Waals surface area contributed by atoms with Gasteiger partial charge < -0.3 is 4.74 Å². The van der Waals surface area contributed by atoms with Gasteiger partial charge in [0.05, 0.1) is 18.8 Å². The average molecular weight is 280 g/mol. The van der Waals surface area contributed by atoms with Crippen LogP contribution in [-0.4, -0.2) is 35.2 Å². The molecule has 1 saturated heterocycles. The Morgan fingerprint density at radius 1 is 1.26 bits per heavy atom. The quantitative estimate of drug-likeness (QED) is 0.828. The Morgan fingerprint density at radius 3 is 2.58 bits per heavy atom. The fraction of sp³-hybridized carbons (Fsp3) is 0.800. The lowest BCUT2D eigenvalue weighted by molar-refractivity contribution is -0.0741. The fourth-order valence-electron chi connectivity index (χ4n) is 2.76. The molecule has 1 aromatic rings. The third kappa shape index (κ3) is 3.56. The van der Waals surface area contributed by atoms with E-state index < -0.39 is 0 Å². The van der Waals surface area contributed by atoms with Gasteiger partial charge in [-0.25, -0.2) is 4.98 Å². The maximum atomic E-state index is 6.11. The lowest BCUT2D eigenvalue weighted by atomic mass is 9.95. The maximum absolute atomic E-state index is 6.11. The second kappa shape index (κ2) is 6.33. The molecule has 0 amide bonds. The summed E-state index contributed by atoms with van der Waals surface area (Å²) in [5.74, 6) is 0. The summed E-state index contributed by atoms with van der Waals surface area (Å²) in [6, 6.07) is 0. The third-order valence-electron chi connectivity index (χ3n) is 4.28. The largest absolute Gasteiger partial charge is 0.375 e. The Labute approximate surface area is 120 Å². The van der Waals surface area contributed by atoms with Gasteiger partial charge in [-0.1, -0.05) is 6.92 Å². The summed E-state index contributed by atoms with van der Waals surface area (Å²) >= 11 is 1.87. The van der Waals surface area contributed by atoms with Gasteiger partial charge in [0.1, 0.15) is 5.01 Å². The molecule has 19 heavy (non-hydrogen) atoms. The standard InChI is InChI=1S/C15H24N2OS/c1-2-14-10-16-15(19-14)11-17-8-6-13(7-9-17)18-12-4-3-5-12/h10,12-13H,2-9,11H2,1H3. The summed E-state index contributed by atoms with van der Waals surface area (Å²) < 4.78 is 6.11. The zero-order valence-electron chi connectivity index (χ0n) is 11.8. The molecule has 3 nitrogen and oxygen atoms in total. The van der Waals surface area contributed by atoms with E-state index in [1.54, 1.807) is 0 Å². The molecule has 0 unspecified atom stereocenters. The number of hydrogen-bond donors (Lipinski definition) is 0. The normalized spacial score (nSPS) is 22.6. The van der Waals surface area contributed by atoms with Gasteiger partial charge in [-0.2, -0.15) is 0 Å². The van der Waals surface area contributed by atoms with Crippen molar-refractivity contribution >= 4 is 11.3 Å². The number of hydrogen-bond acceptors (Lipinski definition) is 4. The van der Waals surface area contributed by atoms with E-state index in [2.05, 4.69) is 16.8 Å². The van der Waals surface area contributed by atoms with E-state index in [4.69, 9.17) is 4.74 Å². The van der Waals surface area contributed by atoms with Crippen LogP contribution in [0.4, 0.5) is 0 Å². The summed E-state index contributed by atoms with van der Waals surface area (Å²) in [4.78, 5) is 8.44. The minimum atomic E-state index is 0.518. The Bertz CT molecular complexity index is 395. The number of aromatic nitrogens is 1. The molecular weight excluding hydrogens is 256 g/mol. The highest BCUT2D eigenvalue weighted by Crippen LogP contribution is 2.27. The second-order valence-corrected chi connectivity index (χ2v) is 6.94. The van der Waals surface area contributed by atoms with Crippen molar-refractivity contribution in [2.75, 3.05) is 13.1 Å². The molecule has 4 heteroatoms. The zero-order chi connectivity index (χ0) is 13.1. The first-order valence-corrected chi connectivity index (χ1v) is 8.46. The maximum Gasteiger partial charge on any atom is 0.107 e. The van der Waals surface area contributed by atoms with E-state index >= 15 is 0 Å². The van der Waals surface area contributed by atoms with Crippen molar-refractivity contribution in [3.05, 3.63) is 16.1 Å². The van der Waals surface area contributed by atoms with Crippen molar-refractivity contribution in [2.45, 2.75) is 64.2 Å². The Hall–Kier alpha value is -0.450. The van der Waals surface area contributed by atoms with Gasteiger partial charge in [0, 0.05) is 24.2 Å². The zero-order valence-corrected chi connectivity index (χ0v) is 12.6. The fourth-order valence-corrected chi connectivity index (χ4v) is 3.66. The van der Waals surface area contributed by atoms with E-state index in [-0.39, 0.29) is 0 Å².